The Bertz CT molecular complexity index is 1650. The van der Waals surface area contributed by atoms with Crippen LogP contribution in [-0.4, -0.2) is 43.6 Å². The molecule has 0 spiro atoms. The summed E-state index contributed by atoms with van der Waals surface area (Å²) in [6.07, 6.45) is 2.48. The Morgan fingerprint density at radius 3 is 1.70 bits per heavy atom. The largest absolute Gasteiger partial charge is 0.494 e. The number of hydrogen-bond acceptors (Lipinski definition) is 9. The molecule has 235 valence electrons. The molecule has 0 saturated heterocycles. The first-order valence-corrected chi connectivity index (χ1v) is 14.6. The second-order valence-corrected chi connectivity index (χ2v) is 10.2. The molecule has 46 heavy (non-hydrogen) atoms. The third-order valence-electron chi connectivity index (χ3n) is 7.03. The first kappa shape index (κ1) is 33.5. The van der Waals surface area contributed by atoms with Gasteiger partial charge < -0.3 is 28.7 Å². The van der Waals surface area contributed by atoms with Crippen molar-refractivity contribution in [2.45, 2.75) is 33.3 Å². The molecular formula is C36H34BO9. The summed E-state index contributed by atoms with van der Waals surface area (Å²) in [6, 6.07) is 23.7. The third-order valence-corrected chi connectivity index (χ3v) is 7.03. The maximum Gasteiger partial charge on any atom is 0.343 e. The van der Waals surface area contributed by atoms with E-state index in [1.54, 1.807) is 86.6 Å². The zero-order valence-electron chi connectivity index (χ0n) is 25.7. The van der Waals surface area contributed by atoms with Crippen molar-refractivity contribution in [1.82, 2.24) is 0 Å². The van der Waals surface area contributed by atoms with Crippen molar-refractivity contribution in [1.29, 1.82) is 0 Å². The van der Waals surface area contributed by atoms with Crippen LogP contribution < -0.4 is 24.4 Å². The lowest BCUT2D eigenvalue weighted by Gasteiger charge is -2.14. The summed E-state index contributed by atoms with van der Waals surface area (Å²) in [4.78, 5) is 36.7. The van der Waals surface area contributed by atoms with Crippen molar-refractivity contribution in [3.05, 3.63) is 125 Å². The first-order valence-electron chi connectivity index (χ1n) is 14.6. The molecule has 0 aliphatic carbocycles. The minimum atomic E-state index is -0.536. The molecule has 4 rings (SSSR count). The second kappa shape index (κ2) is 16.7. The molecule has 1 N–H and O–H groups in total. The molecular weight excluding hydrogens is 587 g/mol. The van der Waals surface area contributed by atoms with Crippen LogP contribution in [0.15, 0.2) is 97.6 Å². The zero-order valence-corrected chi connectivity index (χ0v) is 25.7. The number of benzene rings is 4. The zero-order chi connectivity index (χ0) is 32.9. The Balaban J connectivity index is 1.26. The average molecular weight is 621 g/mol. The quantitative estimate of drug-likeness (QED) is 0.0609. The highest BCUT2D eigenvalue weighted by molar-refractivity contribution is 6.45. The first-order chi connectivity index (χ1) is 22.3. The number of hydrogen-bond donors (Lipinski definition) is 1. The van der Waals surface area contributed by atoms with Gasteiger partial charge in [0.1, 0.15) is 29.6 Å². The molecule has 0 aliphatic heterocycles. The highest BCUT2D eigenvalue weighted by Gasteiger charge is 2.17. The summed E-state index contributed by atoms with van der Waals surface area (Å²) < 4.78 is 27.7. The summed E-state index contributed by atoms with van der Waals surface area (Å²) in [5.74, 6) is 0.381. The minimum Gasteiger partial charge on any atom is -0.494 e. The summed E-state index contributed by atoms with van der Waals surface area (Å²) >= 11 is 0. The van der Waals surface area contributed by atoms with Crippen LogP contribution in [0.5, 0.6) is 23.0 Å². The predicted molar refractivity (Wildman–Crippen MR) is 173 cm³/mol. The van der Waals surface area contributed by atoms with Crippen molar-refractivity contribution in [3.8, 4) is 23.0 Å². The SMILES string of the molecule is C=CC(=O)OCCCCOc1ccc(C(=O)Oc2ccc(OC(=O)c3ccc(OCc4ccc([B]O)cc4)cc3)c(C)c2C)cc1. The monoisotopic (exact) mass is 621 g/mol. The van der Waals surface area contributed by atoms with Gasteiger partial charge in [0.2, 0.25) is 0 Å². The molecule has 0 bridgehead atoms. The average Bonchev–Trinajstić information content (AvgIpc) is 3.09. The predicted octanol–water partition coefficient (Wildman–Crippen LogP) is 5.45. The van der Waals surface area contributed by atoms with E-state index >= 15 is 0 Å². The van der Waals surface area contributed by atoms with Crippen LogP contribution in [0.25, 0.3) is 0 Å². The van der Waals surface area contributed by atoms with Crippen LogP contribution in [0.3, 0.4) is 0 Å². The van der Waals surface area contributed by atoms with Gasteiger partial charge in [-0.15, -0.1) is 0 Å². The van der Waals surface area contributed by atoms with Crippen LogP contribution >= 0.6 is 0 Å². The Hall–Kier alpha value is -5.35. The Labute approximate surface area is 268 Å². The van der Waals surface area contributed by atoms with Crippen molar-refractivity contribution in [2.75, 3.05) is 13.2 Å². The minimum absolute atomic E-state index is 0.301. The van der Waals surface area contributed by atoms with E-state index < -0.39 is 17.9 Å². The fourth-order valence-electron chi connectivity index (χ4n) is 4.18. The molecule has 4 aromatic carbocycles. The number of carbonyl (C=O) groups excluding carboxylic acids is 3. The van der Waals surface area contributed by atoms with Crippen molar-refractivity contribution >= 4 is 30.9 Å². The van der Waals surface area contributed by atoms with E-state index in [0.717, 1.165) is 19.1 Å². The van der Waals surface area contributed by atoms with Gasteiger partial charge in [-0.2, -0.15) is 0 Å². The number of carbonyl (C=O) groups is 3. The van der Waals surface area contributed by atoms with E-state index in [-0.39, 0.29) is 0 Å². The summed E-state index contributed by atoms with van der Waals surface area (Å²) in [5, 5.41) is 9.04. The third kappa shape index (κ3) is 9.58. The molecule has 0 atom stereocenters. The summed E-state index contributed by atoms with van der Waals surface area (Å²) in [6.45, 7) is 7.99. The van der Waals surface area contributed by atoms with E-state index in [1.165, 1.54) is 0 Å². The van der Waals surface area contributed by atoms with Gasteiger partial charge >= 0.3 is 25.4 Å². The van der Waals surface area contributed by atoms with Gasteiger partial charge in [0, 0.05) is 6.08 Å². The lowest BCUT2D eigenvalue weighted by atomic mass is 9.88. The molecule has 4 aromatic rings. The lowest BCUT2D eigenvalue weighted by Crippen LogP contribution is -2.12. The van der Waals surface area contributed by atoms with Crippen LogP contribution in [0.2, 0.25) is 0 Å². The van der Waals surface area contributed by atoms with Gasteiger partial charge in [-0.3, -0.25) is 0 Å². The molecule has 0 aromatic heterocycles. The van der Waals surface area contributed by atoms with Gasteiger partial charge in [0.05, 0.1) is 24.3 Å². The molecule has 1 radical (unpaired) electrons. The second-order valence-electron chi connectivity index (χ2n) is 10.2. The van der Waals surface area contributed by atoms with Crippen LogP contribution in [0.1, 0.15) is 50.2 Å². The Morgan fingerprint density at radius 1 is 0.696 bits per heavy atom. The van der Waals surface area contributed by atoms with Gasteiger partial charge in [0.25, 0.3) is 0 Å². The van der Waals surface area contributed by atoms with Crippen LogP contribution in [0.4, 0.5) is 0 Å². The topological polar surface area (TPSA) is 118 Å². The van der Waals surface area contributed by atoms with E-state index in [2.05, 4.69) is 6.58 Å². The van der Waals surface area contributed by atoms with Gasteiger partial charge in [0.15, 0.2) is 0 Å². The maximum atomic E-state index is 12.8. The smallest absolute Gasteiger partial charge is 0.343 e. The van der Waals surface area contributed by atoms with Crippen LogP contribution in [0, 0.1) is 13.8 Å². The lowest BCUT2D eigenvalue weighted by molar-refractivity contribution is -0.137. The number of unbranched alkanes of at least 4 members (excludes halogenated alkanes) is 1. The highest BCUT2D eigenvalue weighted by Crippen LogP contribution is 2.30. The standard InChI is InChI=1S/C36H34BO9/c1-4-34(38)43-22-6-5-21-42-30-15-9-27(10-16-30)35(39)45-32-19-20-33(25(3)24(32)2)46-36(40)28-11-17-31(18-12-28)44-23-26-7-13-29(37-41)14-8-26/h4,7-20,41H,1,5-6,21-23H2,2-3H3. The Morgan fingerprint density at radius 2 is 1.20 bits per heavy atom. The maximum absolute atomic E-state index is 12.8. The van der Waals surface area contributed by atoms with Crippen molar-refractivity contribution in [3.63, 3.8) is 0 Å². The highest BCUT2D eigenvalue weighted by atomic mass is 16.5. The number of ether oxygens (including phenoxy) is 5. The van der Waals surface area contributed by atoms with Crippen molar-refractivity contribution in [2.24, 2.45) is 0 Å². The fraction of sp³-hybridized carbons (Fsp3) is 0.194. The van der Waals surface area contributed by atoms with Gasteiger partial charge in [-0.05, 0) is 104 Å². The summed E-state index contributed by atoms with van der Waals surface area (Å²) in [7, 11) is 1.04. The molecule has 0 amide bonds. The molecule has 0 saturated carbocycles. The number of esters is 3. The van der Waals surface area contributed by atoms with Crippen LogP contribution in [-0.2, 0) is 16.1 Å². The molecule has 0 fully saturated rings. The molecule has 0 heterocycles. The van der Waals surface area contributed by atoms with E-state index in [1.807, 2.05) is 12.1 Å². The molecule has 0 unspecified atom stereocenters. The Kier molecular flexibility index (Phi) is 12.1. The van der Waals surface area contributed by atoms with Gasteiger partial charge in [-0.25, -0.2) is 14.4 Å². The number of rotatable bonds is 15. The summed E-state index contributed by atoms with van der Waals surface area (Å²) in [5.41, 5.74) is 3.66. The van der Waals surface area contributed by atoms with E-state index in [9.17, 15) is 14.4 Å². The van der Waals surface area contributed by atoms with Crippen molar-refractivity contribution < 1.29 is 43.1 Å². The normalized spacial score (nSPS) is 10.4. The molecule has 0 aliphatic rings. The molecule has 10 heteroatoms. The van der Waals surface area contributed by atoms with E-state index in [4.69, 9.17) is 28.7 Å². The fourth-order valence-corrected chi connectivity index (χ4v) is 4.18. The molecule has 9 nitrogen and oxygen atoms in total. The van der Waals surface area contributed by atoms with Gasteiger partial charge in [-0.1, -0.05) is 36.3 Å². The van der Waals surface area contributed by atoms with E-state index in [0.29, 0.717) is 83.4 Å².